The van der Waals surface area contributed by atoms with Crippen LogP contribution in [0, 0.1) is 5.82 Å². The van der Waals surface area contributed by atoms with Crippen molar-refractivity contribution >= 4 is 33.6 Å². The molecule has 4 aromatic rings. The van der Waals surface area contributed by atoms with Crippen LogP contribution in [-0.2, 0) is 9.47 Å². The van der Waals surface area contributed by atoms with Gasteiger partial charge in [-0.2, -0.15) is 9.97 Å². The van der Waals surface area contributed by atoms with Crippen molar-refractivity contribution in [3.63, 3.8) is 0 Å². The number of benzene rings is 2. The normalized spacial score (nSPS) is 26.4. The highest BCUT2D eigenvalue weighted by atomic mass is 19.1. The Kier molecular flexibility index (Phi) is 8.26. The molecular weight excluding hydrogens is 686 g/mol. The lowest BCUT2D eigenvalue weighted by molar-refractivity contribution is 0.00537. The minimum atomic E-state index is -0.897. The fraction of sp³-hybridized carbons (Fsp3) is 0.538. The Morgan fingerprint density at radius 3 is 2.75 bits per heavy atom. The summed E-state index contributed by atoms with van der Waals surface area (Å²) in [5.74, 6) is 0.985. The summed E-state index contributed by atoms with van der Waals surface area (Å²) in [5.41, 5.74) is 0.392. The Bertz CT molecular complexity index is 2100. The van der Waals surface area contributed by atoms with E-state index in [9.17, 15) is 9.18 Å². The molecule has 1 amide bonds. The molecule has 0 unspecified atom stereocenters. The van der Waals surface area contributed by atoms with E-state index in [1.54, 1.807) is 24.3 Å². The first-order valence-corrected chi connectivity index (χ1v) is 18.5. The predicted octanol–water partition coefficient (Wildman–Crippen LogP) is 6.27. The average Bonchev–Trinajstić information content (AvgIpc) is 3.72. The van der Waals surface area contributed by atoms with E-state index in [0.29, 0.717) is 69.9 Å². The van der Waals surface area contributed by atoms with Crippen LogP contribution in [0.1, 0.15) is 52.9 Å². The van der Waals surface area contributed by atoms with Crippen LogP contribution in [0.15, 0.2) is 36.4 Å². The predicted molar refractivity (Wildman–Crippen MR) is 193 cm³/mol. The first-order chi connectivity index (χ1) is 25.5. The van der Waals surface area contributed by atoms with Crippen LogP contribution < -0.4 is 19.1 Å². The van der Waals surface area contributed by atoms with E-state index < -0.39 is 23.1 Å². The fourth-order valence-corrected chi connectivity index (χ4v) is 9.26. The number of methoxy groups -OCH3 is 1. The maximum atomic E-state index is 15.6. The van der Waals surface area contributed by atoms with Gasteiger partial charge in [-0.05, 0) is 82.7 Å². The number of ether oxygens (including phenoxy) is 5. The van der Waals surface area contributed by atoms with Crippen molar-refractivity contribution in [2.75, 3.05) is 51.7 Å². The molecule has 0 spiro atoms. The van der Waals surface area contributed by atoms with Crippen LogP contribution in [0.2, 0.25) is 0 Å². The third-order valence-electron chi connectivity index (χ3n) is 11.4. The molecule has 2 bridgehead atoms. The summed E-state index contributed by atoms with van der Waals surface area (Å²) >= 11 is 0. The van der Waals surface area contributed by atoms with Gasteiger partial charge in [0.2, 0.25) is 5.88 Å². The molecule has 7 heterocycles. The first-order valence-electron chi connectivity index (χ1n) is 18.5. The number of hydrogen-bond donors (Lipinski definition) is 0. The van der Waals surface area contributed by atoms with Crippen molar-refractivity contribution < 1.29 is 37.3 Å². The number of alkyl halides is 1. The topological polar surface area (TPSA) is 112 Å². The second kappa shape index (κ2) is 12.8. The number of carbonyl (C=O) groups is 1. The molecule has 9 rings (SSSR count). The molecule has 2 aromatic carbocycles. The molecule has 280 valence electrons. The third-order valence-corrected chi connectivity index (χ3v) is 11.4. The van der Waals surface area contributed by atoms with Gasteiger partial charge in [0, 0.05) is 37.6 Å². The van der Waals surface area contributed by atoms with E-state index in [4.69, 9.17) is 38.6 Å². The maximum absolute atomic E-state index is 15.6. The van der Waals surface area contributed by atoms with Crippen LogP contribution in [0.3, 0.4) is 0 Å². The number of aromatic nitrogens is 3. The van der Waals surface area contributed by atoms with Crippen LogP contribution in [0.4, 0.5) is 19.4 Å². The molecule has 5 aliphatic heterocycles. The van der Waals surface area contributed by atoms with Crippen LogP contribution in [0.25, 0.3) is 32.9 Å². The standard InChI is InChI=1S/C39H44F2N6O6/c1-38(2,3)53-37(48)47-24-9-10-30(47)31-19-50-35-33-29(15-28(42-35)26-14-25(52-21-49-4)13-22-7-5-8-27(41)32(22)26)43-36(44-34(33)46(31)18-24)51-20-39-11-6-12-45(39)17-23(40)16-39/h5,7-8,13-15,23-24,30-31H,6,9-12,16-21H2,1-4H3/t23-,24+,30-,31+,39+/m0/s1. The van der Waals surface area contributed by atoms with Gasteiger partial charge in [0.1, 0.15) is 47.8 Å². The molecule has 0 saturated carbocycles. The number of halogens is 2. The molecule has 53 heavy (non-hydrogen) atoms. The SMILES string of the molecule is COCOc1cc(-c2cc3nc(OC[C@]45CCCN4C[C@@H](F)C5)nc4c3c(n2)OC[C@@H]2[C@@H]3CC[C@H](CN42)N3C(=O)OC(C)(C)C)c2c(F)cccc2c1. The molecule has 12 nitrogen and oxygen atoms in total. The number of hydrogen-bond acceptors (Lipinski definition) is 11. The van der Waals surface area contributed by atoms with Gasteiger partial charge in [-0.3, -0.25) is 9.80 Å². The van der Waals surface area contributed by atoms with Gasteiger partial charge in [-0.25, -0.2) is 18.6 Å². The number of pyridine rings is 1. The van der Waals surface area contributed by atoms with Crippen molar-refractivity contribution in [1.29, 1.82) is 0 Å². The minimum Gasteiger partial charge on any atom is -0.475 e. The summed E-state index contributed by atoms with van der Waals surface area (Å²) in [5, 5.41) is 1.62. The molecule has 0 radical (unpaired) electrons. The van der Waals surface area contributed by atoms with Crippen molar-refractivity contribution in [3.05, 3.63) is 42.2 Å². The quantitative estimate of drug-likeness (QED) is 0.201. The van der Waals surface area contributed by atoms with Crippen LogP contribution in [-0.4, -0.2) is 113 Å². The highest BCUT2D eigenvalue weighted by Gasteiger charge is 2.52. The maximum Gasteiger partial charge on any atom is 0.410 e. The summed E-state index contributed by atoms with van der Waals surface area (Å²) in [6, 6.07) is 9.82. The van der Waals surface area contributed by atoms with E-state index in [-0.39, 0.29) is 50.2 Å². The Balaban J connectivity index is 1.17. The molecule has 0 N–H and O–H groups in total. The largest absolute Gasteiger partial charge is 0.475 e. The Labute approximate surface area is 306 Å². The van der Waals surface area contributed by atoms with E-state index >= 15 is 4.39 Å². The Morgan fingerprint density at radius 2 is 1.92 bits per heavy atom. The van der Waals surface area contributed by atoms with Crippen molar-refractivity contribution in [3.8, 4) is 28.9 Å². The fourth-order valence-electron chi connectivity index (χ4n) is 9.26. The second-order valence-corrected chi connectivity index (χ2v) is 16.0. The number of piperazine rings is 1. The number of rotatable bonds is 7. The smallest absolute Gasteiger partial charge is 0.410 e. The Morgan fingerprint density at radius 1 is 1.06 bits per heavy atom. The number of amides is 1. The van der Waals surface area contributed by atoms with Crippen LogP contribution >= 0.6 is 0 Å². The lowest BCUT2D eigenvalue weighted by Crippen LogP contribution is -2.63. The zero-order valence-corrected chi connectivity index (χ0v) is 30.4. The third kappa shape index (κ3) is 5.94. The van der Waals surface area contributed by atoms with E-state index in [0.717, 1.165) is 32.2 Å². The van der Waals surface area contributed by atoms with E-state index in [1.165, 1.54) is 13.2 Å². The van der Waals surface area contributed by atoms with Gasteiger partial charge < -0.3 is 28.6 Å². The van der Waals surface area contributed by atoms with Crippen molar-refractivity contribution in [2.45, 2.75) is 88.3 Å². The van der Waals surface area contributed by atoms with Crippen LogP contribution in [0.5, 0.6) is 17.6 Å². The van der Waals surface area contributed by atoms with Gasteiger partial charge >= 0.3 is 12.1 Å². The summed E-state index contributed by atoms with van der Waals surface area (Å²) in [6.45, 7) is 7.86. The number of fused-ring (bicyclic) bond motifs is 7. The summed E-state index contributed by atoms with van der Waals surface area (Å²) in [4.78, 5) is 34.8. The van der Waals surface area contributed by atoms with Gasteiger partial charge in [0.05, 0.1) is 34.9 Å². The average molecular weight is 731 g/mol. The summed E-state index contributed by atoms with van der Waals surface area (Å²) in [6.07, 6.45) is 2.61. The minimum absolute atomic E-state index is 0.0127. The number of anilines is 1. The monoisotopic (exact) mass is 730 g/mol. The lowest BCUT2D eigenvalue weighted by Gasteiger charge is -2.46. The molecule has 14 heteroatoms. The van der Waals surface area contributed by atoms with Crippen molar-refractivity contribution in [2.24, 2.45) is 0 Å². The van der Waals surface area contributed by atoms with Gasteiger partial charge in [-0.1, -0.05) is 12.1 Å². The van der Waals surface area contributed by atoms with E-state index in [2.05, 4.69) is 9.80 Å². The van der Waals surface area contributed by atoms with Gasteiger partial charge in [0.15, 0.2) is 6.79 Å². The highest BCUT2D eigenvalue weighted by molar-refractivity contribution is 6.01. The summed E-state index contributed by atoms with van der Waals surface area (Å²) in [7, 11) is 1.53. The molecule has 4 fully saturated rings. The Hall–Kier alpha value is -4.56. The van der Waals surface area contributed by atoms with Gasteiger partial charge in [-0.15, -0.1) is 0 Å². The zero-order valence-electron chi connectivity index (χ0n) is 30.4. The van der Waals surface area contributed by atoms with Crippen molar-refractivity contribution in [1.82, 2.24) is 24.8 Å². The zero-order chi connectivity index (χ0) is 36.6. The number of carbonyl (C=O) groups excluding carboxylic acids is 1. The first kappa shape index (κ1) is 34.2. The molecular formula is C39H44F2N6O6. The summed E-state index contributed by atoms with van der Waals surface area (Å²) < 4.78 is 60.2. The second-order valence-electron chi connectivity index (χ2n) is 16.0. The molecule has 2 aromatic heterocycles. The molecule has 0 aliphatic carbocycles. The number of nitrogens with zero attached hydrogens (tertiary/aromatic N) is 6. The van der Waals surface area contributed by atoms with E-state index in [1.807, 2.05) is 31.7 Å². The lowest BCUT2D eigenvalue weighted by atomic mass is 9.95. The molecule has 5 aliphatic rings. The molecule has 4 saturated heterocycles. The molecule has 5 atom stereocenters. The highest BCUT2D eigenvalue weighted by Crippen LogP contribution is 2.46. The van der Waals surface area contributed by atoms with Gasteiger partial charge in [0.25, 0.3) is 0 Å².